The van der Waals surface area contributed by atoms with E-state index >= 15 is 0 Å². The maximum absolute atomic E-state index is 12.7. The lowest BCUT2D eigenvalue weighted by Crippen LogP contribution is -2.00. The van der Waals surface area contributed by atoms with Crippen molar-refractivity contribution in [2.45, 2.75) is 20.8 Å². The molecule has 0 unspecified atom stereocenters. The number of aliphatic imine (C=N–C) groups is 1. The molecule has 1 heterocycles. The van der Waals surface area contributed by atoms with E-state index in [1.807, 2.05) is 13.8 Å². The van der Waals surface area contributed by atoms with Crippen molar-refractivity contribution in [3.63, 3.8) is 0 Å². The van der Waals surface area contributed by atoms with Gasteiger partial charge in [-0.25, -0.2) is 4.98 Å². The number of halogens is 1. The molecular weight excluding hydrogens is 183 g/mol. The monoisotopic (exact) mass is 196 g/mol. The van der Waals surface area contributed by atoms with Gasteiger partial charge >= 0.3 is 6.08 Å². The van der Waals surface area contributed by atoms with Crippen LogP contribution in [0.2, 0.25) is 0 Å². The van der Waals surface area contributed by atoms with Crippen LogP contribution < -0.4 is 5.73 Å². The normalized spacial score (nSPS) is 11.5. The zero-order chi connectivity index (χ0) is 10.7. The first kappa shape index (κ1) is 10.6. The number of rotatable bonds is 2. The van der Waals surface area contributed by atoms with E-state index in [1.54, 1.807) is 13.1 Å². The maximum atomic E-state index is 12.7. The molecule has 5 heteroatoms. The van der Waals surface area contributed by atoms with E-state index in [1.165, 1.54) is 0 Å². The number of hydrogen-bond acceptors (Lipinski definition) is 4. The Morgan fingerprint density at radius 1 is 1.43 bits per heavy atom. The average Bonchev–Trinajstić information content (AvgIpc) is 2.01. The summed E-state index contributed by atoms with van der Waals surface area (Å²) in [7, 11) is 0. The van der Waals surface area contributed by atoms with Crippen molar-refractivity contribution < 1.29 is 4.39 Å². The van der Waals surface area contributed by atoms with Gasteiger partial charge in [-0.3, -0.25) is 4.99 Å². The second-order valence-electron chi connectivity index (χ2n) is 3.33. The van der Waals surface area contributed by atoms with Crippen LogP contribution in [-0.2, 0) is 0 Å². The molecule has 0 aliphatic rings. The van der Waals surface area contributed by atoms with Gasteiger partial charge in [0.25, 0.3) is 0 Å². The molecule has 76 valence electrons. The molecule has 0 aromatic carbocycles. The standard InChI is InChI=1S/C9H13FN4/c1-5(2)4-12-7-6(3)13-9(10)14-8(7)11/h4-5H,1-3H3,(H2,11,13,14)/b12-4-. The molecule has 0 atom stereocenters. The molecule has 0 radical (unpaired) electrons. The van der Waals surface area contributed by atoms with Gasteiger partial charge in [-0.2, -0.15) is 9.37 Å². The van der Waals surface area contributed by atoms with Gasteiger partial charge in [0.15, 0.2) is 5.82 Å². The van der Waals surface area contributed by atoms with Crippen molar-refractivity contribution in [1.29, 1.82) is 0 Å². The Bertz CT molecular complexity index is 337. The third kappa shape index (κ3) is 2.48. The first-order valence-corrected chi connectivity index (χ1v) is 4.34. The molecule has 0 saturated heterocycles. The van der Waals surface area contributed by atoms with Crippen molar-refractivity contribution in [2.75, 3.05) is 5.73 Å². The van der Waals surface area contributed by atoms with Crippen LogP contribution in [0.4, 0.5) is 15.9 Å². The predicted octanol–water partition coefficient (Wildman–Crippen LogP) is 1.86. The van der Waals surface area contributed by atoms with Crippen LogP contribution in [0.3, 0.4) is 0 Å². The Kier molecular flexibility index (Phi) is 3.11. The van der Waals surface area contributed by atoms with E-state index in [-0.39, 0.29) is 5.82 Å². The molecule has 0 aliphatic heterocycles. The Labute approximate surface area is 82.1 Å². The highest BCUT2D eigenvalue weighted by Crippen LogP contribution is 2.22. The zero-order valence-electron chi connectivity index (χ0n) is 8.45. The quantitative estimate of drug-likeness (QED) is 0.580. The second-order valence-corrected chi connectivity index (χ2v) is 3.33. The number of nitrogens with two attached hydrogens (primary N) is 1. The van der Waals surface area contributed by atoms with Gasteiger partial charge in [0.2, 0.25) is 0 Å². The number of hydrogen-bond donors (Lipinski definition) is 1. The summed E-state index contributed by atoms with van der Waals surface area (Å²) in [5.74, 6) is 0.380. The smallest absolute Gasteiger partial charge is 0.310 e. The lowest BCUT2D eigenvalue weighted by Gasteiger charge is -2.02. The summed E-state index contributed by atoms with van der Waals surface area (Å²) < 4.78 is 12.7. The molecule has 1 rings (SSSR count). The van der Waals surface area contributed by atoms with Gasteiger partial charge in [-0.1, -0.05) is 13.8 Å². The minimum Gasteiger partial charge on any atom is -0.382 e. The second kappa shape index (κ2) is 4.13. The summed E-state index contributed by atoms with van der Waals surface area (Å²) in [5.41, 5.74) is 6.40. The summed E-state index contributed by atoms with van der Waals surface area (Å²) in [6.45, 7) is 5.62. The molecule has 0 aliphatic carbocycles. The lowest BCUT2D eigenvalue weighted by molar-refractivity contribution is 0.537. The zero-order valence-corrected chi connectivity index (χ0v) is 8.45. The minimum absolute atomic E-state index is 0.0758. The van der Waals surface area contributed by atoms with Crippen molar-refractivity contribution in [3.05, 3.63) is 11.8 Å². The largest absolute Gasteiger partial charge is 0.382 e. The van der Waals surface area contributed by atoms with Gasteiger partial charge < -0.3 is 5.73 Å². The summed E-state index contributed by atoms with van der Waals surface area (Å²) in [5, 5.41) is 0. The van der Waals surface area contributed by atoms with Gasteiger partial charge in [0.1, 0.15) is 5.69 Å². The highest BCUT2D eigenvalue weighted by atomic mass is 19.1. The number of aromatic nitrogens is 2. The predicted molar refractivity (Wildman–Crippen MR) is 54.1 cm³/mol. The summed E-state index contributed by atoms with van der Waals surface area (Å²) in [4.78, 5) is 11.0. The number of nitrogen functional groups attached to an aromatic ring is 1. The topological polar surface area (TPSA) is 64.2 Å². The molecule has 1 aromatic heterocycles. The fraction of sp³-hybridized carbons (Fsp3) is 0.444. The van der Waals surface area contributed by atoms with E-state index < -0.39 is 6.08 Å². The van der Waals surface area contributed by atoms with E-state index in [4.69, 9.17) is 5.73 Å². The fourth-order valence-electron chi connectivity index (χ4n) is 0.937. The van der Waals surface area contributed by atoms with Crippen molar-refractivity contribution in [3.8, 4) is 0 Å². The van der Waals surface area contributed by atoms with Crippen LogP contribution in [0.5, 0.6) is 0 Å². The highest BCUT2D eigenvalue weighted by Gasteiger charge is 2.07. The van der Waals surface area contributed by atoms with Gasteiger partial charge in [-0.05, 0) is 12.8 Å². The van der Waals surface area contributed by atoms with E-state index in [0.717, 1.165) is 0 Å². The highest BCUT2D eigenvalue weighted by molar-refractivity contribution is 5.70. The molecule has 2 N–H and O–H groups in total. The van der Waals surface area contributed by atoms with Gasteiger partial charge in [0.05, 0.1) is 5.69 Å². The van der Waals surface area contributed by atoms with Crippen LogP contribution in [0.1, 0.15) is 19.5 Å². The van der Waals surface area contributed by atoms with E-state index in [2.05, 4.69) is 15.0 Å². The van der Waals surface area contributed by atoms with Crippen molar-refractivity contribution >= 4 is 17.7 Å². The Hall–Kier alpha value is -1.52. The van der Waals surface area contributed by atoms with Gasteiger partial charge in [0, 0.05) is 6.21 Å². The van der Waals surface area contributed by atoms with Crippen molar-refractivity contribution in [1.82, 2.24) is 9.97 Å². The molecular formula is C9H13FN4. The van der Waals surface area contributed by atoms with Crippen LogP contribution in [-0.4, -0.2) is 16.2 Å². The van der Waals surface area contributed by atoms with Gasteiger partial charge in [-0.15, -0.1) is 0 Å². The van der Waals surface area contributed by atoms with Crippen LogP contribution in [0.25, 0.3) is 0 Å². The molecule has 4 nitrogen and oxygen atoms in total. The van der Waals surface area contributed by atoms with E-state index in [9.17, 15) is 4.39 Å². The third-order valence-corrected chi connectivity index (χ3v) is 1.56. The molecule has 0 fully saturated rings. The molecule has 14 heavy (non-hydrogen) atoms. The van der Waals surface area contributed by atoms with E-state index in [0.29, 0.717) is 17.3 Å². The molecule has 0 spiro atoms. The minimum atomic E-state index is -0.816. The van der Waals surface area contributed by atoms with Crippen LogP contribution >= 0.6 is 0 Å². The summed E-state index contributed by atoms with van der Waals surface area (Å²) in [6.07, 6.45) is 0.906. The summed E-state index contributed by atoms with van der Waals surface area (Å²) in [6, 6.07) is 0. The molecule has 1 aromatic rings. The SMILES string of the molecule is Cc1nc(F)nc(N)c1/N=C\C(C)C. The Morgan fingerprint density at radius 3 is 2.57 bits per heavy atom. The molecule has 0 saturated carbocycles. The number of aryl methyl sites for hydroxylation is 1. The maximum Gasteiger partial charge on any atom is 0.310 e. The average molecular weight is 196 g/mol. The molecule has 0 amide bonds. The first-order valence-electron chi connectivity index (χ1n) is 4.34. The Morgan fingerprint density at radius 2 is 2.07 bits per heavy atom. The van der Waals surface area contributed by atoms with Crippen LogP contribution in [0.15, 0.2) is 4.99 Å². The number of nitrogens with zero attached hydrogens (tertiary/aromatic N) is 3. The fourth-order valence-corrected chi connectivity index (χ4v) is 0.937. The first-order chi connectivity index (χ1) is 6.50. The summed E-state index contributed by atoms with van der Waals surface area (Å²) >= 11 is 0. The number of anilines is 1. The lowest BCUT2D eigenvalue weighted by atomic mass is 10.2. The van der Waals surface area contributed by atoms with Crippen LogP contribution in [0, 0.1) is 18.9 Å². The Balaban J connectivity index is 3.09. The molecule has 0 bridgehead atoms. The third-order valence-electron chi connectivity index (χ3n) is 1.56. The van der Waals surface area contributed by atoms with Crippen molar-refractivity contribution in [2.24, 2.45) is 10.9 Å².